The first kappa shape index (κ1) is 38.3. The Kier molecular flexibility index (Phi) is 14.3. The quantitative estimate of drug-likeness (QED) is 0.157. The molecular formula is C31H64N4O5+2. The standard InChI is InChI=1S/C31H62N4O5/c1-28(2,3)23-30(7,8)32-25(36)21-34(11,12)16-19-39-18-15-27(38)40-20-17-35(13,14)22-26(37)33-31(9,10)24-29(4,5)6/h15-24H2,1-14H3/p+2. The number of carbonyl (C=O) groups is 3. The van der Waals surface area contributed by atoms with E-state index < -0.39 is 0 Å². The topological polar surface area (TPSA) is 93.7 Å². The Balaban J connectivity index is 4.28. The molecule has 9 heteroatoms. The highest BCUT2D eigenvalue weighted by Crippen LogP contribution is 2.27. The van der Waals surface area contributed by atoms with Gasteiger partial charge in [0.15, 0.2) is 13.1 Å². The molecule has 0 saturated carbocycles. The molecule has 0 radical (unpaired) electrons. The summed E-state index contributed by atoms with van der Waals surface area (Å²) in [5, 5.41) is 6.31. The van der Waals surface area contributed by atoms with Crippen LogP contribution in [0.5, 0.6) is 0 Å². The minimum Gasteiger partial charge on any atom is -0.460 e. The summed E-state index contributed by atoms with van der Waals surface area (Å²) < 4.78 is 12.0. The van der Waals surface area contributed by atoms with Crippen LogP contribution in [-0.4, -0.2) is 112 Å². The first-order chi connectivity index (χ1) is 17.7. The fourth-order valence-electron chi connectivity index (χ4n) is 5.56. The van der Waals surface area contributed by atoms with Crippen LogP contribution >= 0.6 is 0 Å². The van der Waals surface area contributed by atoms with Crippen molar-refractivity contribution in [2.24, 2.45) is 10.8 Å². The molecule has 0 heterocycles. The Morgan fingerprint density at radius 2 is 0.975 bits per heavy atom. The Labute approximate surface area is 245 Å². The second kappa shape index (κ2) is 15.0. The van der Waals surface area contributed by atoms with E-state index in [0.29, 0.717) is 41.8 Å². The van der Waals surface area contributed by atoms with Gasteiger partial charge in [-0.2, -0.15) is 0 Å². The van der Waals surface area contributed by atoms with E-state index in [1.54, 1.807) is 0 Å². The van der Waals surface area contributed by atoms with Crippen LogP contribution in [0, 0.1) is 10.8 Å². The summed E-state index contributed by atoms with van der Waals surface area (Å²) >= 11 is 0. The van der Waals surface area contributed by atoms with E-state index in [1.165, 1.54) is 0 Å². The lowest BCUT2D eigenvalue weighted by Gasteiger charge is -2.35. The van der Waals surface area contributed by atoms with Crippen molar-refractivity contribution in [2.75, 3.05) is 74.2 Å². The highest BCUT2D eigenvalue weighted by Gasteiger charge is 2.31. The summed E-state index contributed by atoms with van der Waals surface area (Å²) in [4.78, 5) is 37.4. The molecule has 0 aliphatic heterocycles. The zero-order chi connectivity index (χ0) is 31.6. The van der Waals surface area contributed by atoms with Crippen LogP contribution < -0.4 is 10.6 Å². The van der Waals surface area contributed by atoms with E-state index in [9.17, 15) is 14.4 Å². The molecule has 0 rings (SSSR count). The van der Waals surface area contributed by atoms with Crippen molar-refractivity contribution >= 4 is 17.8 Å². The van der Waals surface area contributed by atoms with Crippen molar-refractivity contribution in [1.82, 2.24) is 10.6 Å². The second-order valence-corrected chi connectivity index (χ2v) is 16.6. The molecule has 9 nitrogen and oxygen atoms in total. The van der Waals surface area contributed by atoms with Gasteiger partial charge >= 0.3 is 5.97 Å². The summed E-state index contributed by atoms with van der Waals surface area (Å²) in [5.41, 5.74) is -0.305. The number of ether oxygens (including phenoxy) is 2. The molecule has 40 heavy (non-hydrogen) atoms. The maximum atomic E-state index is 12.6. The summed E-state index contributed by atoms with van der Waals surface area (Å²) in [6, 6.07) is 0. The molecule has 236 valence electrons. The van der Waals surface area contributed by atoms with Gasteiger partial charge in [0.05, 0.1) is 47.8 Å². The molecule has 0 aromatic heterocycles. The third-order valence-corrected chi connectivity index (χ3v) is 6.29. The number of quaternary nitrogens is 2. The van der Waals surface area contributed by atoms with Gasteiger partial charge in [0.1, 0.15) is 19.7 Å². The largest absolute Gasteiger partial charge is 0.460 e. The number of nitrogens with zero attached hydrogens (tertiary/aromatic N) is 2. The number of likely N-dealkylation sites (N-methyl/N-ethyl adjacent to an activating group) is 2. The average molecular weight is 573 g/mol. The highest BCUT2D eigenvalue weighted by molar-refractivity contribution is 5.78. The number of hydrogen-bond acceptors (Lipinski definition) is 5. The molecule has 0 aromatic carbocycles. The monoisotopic (exact) mass is 572 g/mol. The van der Waals surface area contributed by atoms with Crippen molar-refractivity contribution < 1.29 is 32.8 Å². The average Bonchev–Trinajstić information content (AvgIpc) is 2.60. The maximum Gasteiger partial charge on any atom is 0.308 e. The van der Waals surface area contributed by atoms with Gasteiger partial charge in [-0.15, -0.1) is 0 Å². The summed E-state index contributed by atoms with van der Waals surface area (Å²) in [5.74, 6) is -0.299. The van der Waals surface area contributed by atoms with Gasteiger partial charge in [0, 0.05) is 11.1 Å². The van der Waals surface area contributed by atoms with Crippen LogP contribution in [0.25, 0.3) is 0 Å². The van der Waals surface area contributed by atoms with Gasteiger partial charge in [0.2, 0.25) is 0 Å². The fraction of sp³-hybridized carbons (Fsp3) is 0.903. The summed E-state index contributed by atoms with van der Waals surface area (Å²) in [6.07, 6.45) is 1.94. The van der Waals surface area contributed by atoms with E-state index in [-0.39, 0.29) is 59.3 Å². The molecule has 0 aromatic rings. The van der Waals surface area contributed by atoms with E-state index in [0.717, 1.165) is 12.8 Å². The van der Waals surface area contributed by atoms with Crippen molar-refractivity contribution in [1.29, 1.82) is 0 Å². The molecule has 2 N–H and O–H groups in total. The van der Waals surface area contributed by atoms with E-state index >= 15 is 0 Å². The minimum atomic E-state index is -0.315. The van der Waals surface area contributed by atoms with Gasteiger partial charge in [0.25, 0.3) is 11.8 Å². The van der Waals surface area contributed by atoms with Gasteiger partial charge in [-0.05, 0) is 51.4 Å². The van der Waals surface area contributed by atoms with Crippen molar-refractivity contribution in [2.45, 2.75) is 99.6 Å². The van der Waals surface area contributed by atoms with Gasteiger partial charge in [-0.1, -0.05) is 41.5 Å². The van der Waals surface area contributed by atoms with E-state index in [1.807, 2.05) is 42.0 Å². The zero-order valence-corrected chi connectivity index (χ0v) is 28.5. The van der Waals surface area contributed by atoms with Crippen LogP contribution in [0.15, 0.2) is 0 Å². The Bertz CT molecular complexity index is 821. The van der Waals surface area contributed by atoms with Gasteiger partial charge < -0.3 is 29.1 Å². The predicted molar refractivity (Wildman–Crippen MR) is 163 cm³/mol. The Morgan fingerprint density at radius 3 is 1.35 bits per heavy atom. The fourth-order valence-corrected chi connectivity index (χ4v) is 5.56. The smallest absolute Gasteiger partial charge is 0.308 e. The van der Waals surface area contributed by atoms with Crippen LogP contribution in [0.3, 0.4) is 0 Å². The number of rotatable bonds is 17. The maximum absolute atomic E-state index is 12.6. The summed E-state index contributed by atoms with van der Waals surface area (Å²) in [6.45, 7) is 24.1. The highest BCUT2D eigenvalue weighted by atomic mass is 16.5. The predicted octanol–water partition coefficient (Wildman–Crippen LogP) is 3.75. The molecule has 0 aliphatic rings. The molecule has 0 aliphatic carbocycles. The molecule has 0 unspecified atom stereocenters. The lowest BCUT2D eigenvalue weighted by molar-refractivity contribution is -0.882. The first-order valence-corrected chi connectivity index (χ1v) is 14.7. The third kappa shape index (κ3) is 21.1. The lowest BCUT2D eigenvalue weighted by atomic mass is 9.82. The van der Waals surface area contributed by atoms with Crippen LogP contribution in [0.2, 0.25) is 0 Å². The van der Waals surface area contributed by atoms with Crippen LogP contribution in [-0.2, 0) is 23.9 Å². The van der Waals surface area contributed by atoms with Gasteiger partial charge in [-0.25, -0.2) is 0 Å². The van der Waals surface area contributed by atoms with Crippen molar-refractivity contribution in [3.8, 4) is 0 Å². The zero-order valence-electron chi connectivity index (χ0n) is 28.5. The number of esters is 1. The normalized spacial score (nSPS) is 13.7. The number of nitrogens with one attached hydrogen (secondary N) is 2. The minimum absolute atomic E-state index is 0.00796. The van der Waals surface area contributed by atoms with Crippen LogP contribution in [0.1, 0.15) is 88.5 Å². The molecule has 0 fully saturated rings. The molecule has 0 spiro atoms. The van der Waals surface area contributed by atoms with Crippen molar-refractivity contribution in [3.05, 3.63) is 0 Å². The van der Waals surface area contributed by atoms with E-state index in [2.05, 4.69) is 66.0 Å². The molecular weight excluding hydrogens is 508 g/mol. The lowest BCUT2D eigenvalue weighted by Crippen LogP contribution is -2.54. The summed E-state index contributed by atoms with van der Waals surface area (Å²) in [7, 11) is 7.91. The molecule has 0 atom stereocenters. The Morgan fingerprint density at radius 1 is 0.600 bits per heavy atom. The third-order valence-electron chi connectivity index (χ3n) is 6.29. The number of hydrogen-bond donors (Lipinski definition) is 2. The molecule has 0 saturated heterocycles. The first-order valence-electron chi connectivity index (χ1n) is 14.7. The SMILES string of the molecule is CC(C)(C)CC(C)(C)NC(=O)C[N+](C)(C)CCOCCC(=O)OCC[N+](C)(C)CC(=O)NC(C)(C)CC(C)(C)C. The Hall–Kier alpha value is -1.71. The molecule has 0 bridgehead atoms. The number of carbonyl (C=O) groups excluding carboxylic acids is 3. The van der Waals surface area contributed by atoms with E-state index in [4.69, 9.17) is 9.47 Å². The van der Waals surface area contributed by atoms with Crippen LogP contribution in [0.4, 0.5) is 0 Å². The van der Waals surface area contributed by atoms with Crippen molar-refractivity contribution in [3.63, 3.8) is 0 Å². The molecule has 2 amide bonds. The van der Waals surface area contributed by atoms with Gasteiger partial charge in [-0.3, -0.25) is 14.4 Å². The second-order valence-electron chi connectivity index (χ2n) is 16.6. The number of amides is 2.